The van der Waals surface area contributed by atoms with Crippen molar-refractivity contribution in [3.63, 3.8) is 0 Å². The highest BCUT2D eigenvalue weighted by Gasteiger charge is 2.67. The van der Waals surface area contributed by atoms with E-state index in [1.165, 1.54) is 60.1 Å². The number of nitrogens with one attached hydrogen (secondary N) is 1. The van der Waals surface area contributed by atoms with Crippen molar-refractivity contribution in [2.45, 2.75) is 30.7 Å². The molecule has 3 aliphatic rings. The summed E-state index contributed by atoms with van der Waals surface area (Å²) in [6.07, 6.45) is 6.08. The predicted molar refractivity (Wildman–Crippen MR) is 227 cm³/mol. The van der Waals surface area contributed by atoms with Gasteiger partial charge in [-0.15, -0.1) is 0 Å². The molecule has 0 heterocycles. The first kappa shape index (κ1) is 31.7. The van der Waals surface area contributed by atoms with Gasteiger partial charge in [-0.05, 0) is 85.2 Å². The summed E-state index contributed by atoms with van der Waals surface area (Å²) in [7, 11) is -2.74. The molecule has 0 aromatic heterocycles. The van der Waals surface area contributed by atoms with Gasteiger partial charge in [0.2, 0.25) is 0 Å². The van der Waals surface area contributed by atoms with Crippen molar-refractivity contribution in [3.05, 3.63) is 216 Å². The second-order valence-electron chi connectivity index (χ2n) is 15.4. The second-order valence-corrected chi connectivity index (χ2v) is 19.5. The summed E-state index contributed by atoms with van der Waals surface area (Å²) in [6.45, 7) is 4.75. The summed E-state index contributed by atoms with van der Waals surface area (Å²) in [6, 6.07) is 67.9. The molecule has 0 radical (unpaired) electrons. The van der Waals surface area contributed by atoms with Crippen LogP contribution in [0.4, 0.5) is 11.4 Å². The fourth-order valence-electron chi connectivity index (χ4n) is 9.76. The monoisotopic (exact) mass is 695 g/mol. The number of rotatable bonds is 8. The van der Waals surface area contributed by atoms with Crippen molar-refractivity contribution in [1.29, 1.82) is 0 Å². The van der Waals surface area contributed by atoms with Crippen LogP contribution in [0.2, 0.25) is 5.04 Å². The van der Waals surface area contributed by atoms with Gasteiger partial charge in [-0.2, -0.15) is 0 Å². The molecule has 7 aromatic rings. The van der Waals surface area contributed by atoms with Gasteiger partial charge in [-0.25, -0.2) is 0 Å². The van der Waals surface area contributed by atoms with Crippen molar-refractivity contribution in [2.24, 2.45) is 0 Å². The Hall–Kier alpha value is -5.96. The van der Waals surface area contributed by atoms with Gasteiger partial charge in [0.15, 0.2) is 8.07 Å². The van der Waals surface area contributed by atoms with Crippen LogP contribution in [0.5, 0.6) is 0 Å². The highest BCUT2D eigenvalue weighted by atomic mass is 28.3. The zero-order chi connectivity index (χ0) is 35.6. The molecule has 7 aromatic carbocycles. The fraction of sp³-hybridized carbons (Fsp3) is 0.0980. The van der Waals surface area contributed by atoms with Gasteiger partial charge in [0.05, 0.1) is 0 Å². The van der Waals surface area contributed by atoms with Crippen LogP contribution in [-0.2, 0) is 5.41 Å². The molecule has 1 N–H and O–H groups in total. The first-order valence-corrected chi connectivity index (χ1v) is 20.8. The third-order valence-electron chi connectivity index (χ3n) is 12.3. The molecular formula is C51H41NSi. The highest BCUT2D eigenvalue weighted by Crippen LogP contribution is 2.71. The molecule has 1 nitrogen and oxygen atoms in total. The van der Waals surface area contributed by atoms with Crippen molar-refractivity contribution >= 4 is 40.6 Å². The van der Waals surface area contributed by atoms with E-state index >= 15 is 0 Å². The zero-order valence-electron chi connectivity index (χ0n) is 30.2. The van der Waals surface area contributed by atoms with Gasteiger partial charge in [0, 0.05) is 27.4 Å². The Morgan fingerprint density at radius 1 is 0.491 bits per heavy atom. The molecule has 2 heteroatoms. The number of hydrogen-bond donors (Lipinski definition) is 1. The van der Waals surface area contributed by atoms with E-state index in [9.17, 15) is 0 Å². The first-order valence-electron chi connectivity index (χ1n) is 18.8. The Morgan fingerprint density at radius 3 is 1.79 bits per heavy atom. The van der Waals surface area contributed by atoms with Gasteiger partial charge >= 0.3 is 0 Å². The molecule has 1 unspecified atom stereocenters. The summed E-state index contributed by atoms with van der Waals surface area (Å²) in [5.41, 5.74) is 14.5. The summed E-state index contributed by atoms with van der Waals surface area (Å²) >= 11 is 0. The van der Waals surface area contributed by atoms with Crippen molar-refractivity contribution < 1.29 is 0 Å². The van der Waals surface area contributed by atoms with Crippen LogP contribution in [-0.4, -0.2) is 8.07 Å². The number of anilines is 2. The van der Waals surface area contributed by atoms with E-state index < -0.39 is 8.07 Å². The Kier molecular flexibility index (Phi) is 7.22. The molecule has 1 fully saturated rings. The van der Waals surface area contributed by atoms with Crippen molar-refractivity contribution in [2.75, 3.05) is 5.32 Å². The second kappa shape index (κ2) is 12.0. The molecule has 1 atom stereocenters. The number of benzene rings is 7. The number of para-hydroxylation sites is 2. The minimum atomic E-state index is -2.74. The summed E-state index contributed by atoms with van der Waals surface area (Å²) < 4.78 is 0. The Morgan fingerprint density at radius 2 is 1.08 bits per heavy atom. The summed E-state index contributed by atoms with van der Waals surface area (Å²) in [5.74, 6) is 0. The average Bonchev–Trinajstić information content (AvgIpc) is 3.75. The number of fused-ring (bicyclic) bond motifs is 4. The molecule has 0 spiro atoms. The van der Waals surface area contributed by atoms with Crippen LogP contribution in [0.25, 0.3) is 27.8 Å². The van der Waals surface area contributed by atoms with Gasteiger partial charge in [-0.3, -0.25) is 0 Å². The standard InChI is InChI=1S/C51H41NSi/c1-50(2)46-27-14-12-25-42(46)43-30-29-37(34-47(43)50)36-17-16-24-41(33-36)53(39-20-8-4-9-21-39,40-22-10-5-11-23-40)51-32-31-44(48(51)35-51)45-26-13-15-28-49(45)52-38-18-6-3-7-19-38/h3-34,52H,35H2,1-2H3. The van der Waals surface area contributed by atoms with Crippen LogP contribution in [0, 0.1) is 0 Å². The van der Waals surface area contributed by atoms with Crippen molar-refractivity contribution in [3.8, 4) is 22.3 Å². The smallest absolute Gasteiger partial charge is 0.162 e. The number of allylic oxidation sites excluding steroid dienone is 4. The van der Waals surface area contributed by atoms with E-state index in [-0.39, 0.29) is 10.5 Å². The highest BCUT2D eigenvalue weighted by molar-refractivity contribution is 7.15. The van der Waals surface area contributed by atoms with E-state index in [0.717, 1.165) is 17.8 Å². The van der Waals surface area contributed by atoms with E-state index in [0.29, 0.717) is 0 Å². The molecule has 53 heavy (non-hydrogen) atoms. The topological polar surface area (TPSA) is 12.0 Å². The van der Waals surface area contributed by atoms with E-state index in [1.807, 2.05) is 0 Å². The van der Waals surface area contributed by atoms with E-state index in [4.69, 9.17) is 0 Å². The lowest BCUT2D eigenvalue weighted by Crippen LogP contribution is -2.70. The molecule has 1 saturated carbocycles. The lowest BCUT2D eigenvalue weighted by atomic mass is 9.81. The maximum absolute atomic E-state index is 3.73. The third kappa shape index (κ3) is 4.75. The molecular weight excluding hydrogens is 655 g/mol. The van der Waals surface area contributed by atoms with Gasteiger partial charge in [0.25, 0.3) is 0 Å². The SMILES string of the molecule is CC1(C)c2ccccc2-c2ccc(-c3cccc([Si](c4ccccc4)(c4ccccc4)C45C=CC(c6ccccc6Nc6ccccc6)=C4C5)c3)cc21. The van der Waals surface area contributed by atoms with E-state index in [2.05, 4.69) is 213 Å². The van der Waals surface area contributed by atoms with Gasteiger partial charge in [-0.1, -0.05) is 189 Å². The molecule has 0 aliphatic heterocycles. The normalized spacial score (nSPS) is 17.6. The summed E-state index contributed by atoms with van der Waals surface area (Å²) in [5, 5.41) is 8.00. The Labute approximate surface area is 314 Å². The molecule has 254 valence electrons. The fourth-order valence-corrected chi connectivity index (χ4v) is 15.8. The minimum absolute atomic E-state index is 0.0461. The molecule has 0 amide bonds. The van der Waals surface area contributed by atoms with Crippen molar-refractivity contribution in [1.82, 2.24) is 0 Å². The molecule has 10 rings (SSSR count). The lowest BCUT2D eigenvalue weighted by molar-refractivity contribution is 0.660. The van der Waals surface area contributed by atoms with Crippen LogP contribution < -0.4 is 20.9 Å². The predicted octanol–water partition coefficient (Wildman–Crippen LogP) is 11.0. The third-order valence-corrected chi connectivity index (χ3v) is 17.9. The maximum atomic E-state index is 3.73. The molecule has 3 aliphatic carbocycles. The average molecular weight is 696 g/mol. The van der Waals surface area contributed by atoms with Crippen LogP contribution in [0.1, 0.15) is 37.0 Å². The molecule has 0 saturated heterocycles. The molecule has 0 bridgehead atoms. The quantitative estimate of drug-likeness (QED) is 0.123. The van der Waals surface area contributed by atoms with Crippen LogP contribution in [0.15, 0.2) is 200 Å². The summed E-state index contributed by atoms with van der Waals surface area (Å²) in [4.78, 5) is 0. The van der Waals surface area contributed by atoms with Crippen LogP contribution in [0.3, 0.4) is 0 Å². The van der Waals surface area contributed by atoms with E-state index in [1.54, 1.807) is 5.57 Å². The van der Waals surface area contributed by atoms with Gasteiger partial charge < -0.3 is 5.32 Å². The maximum Gasteiger partial charge on any atom is 0.162 e. The van der Waals surface area contributed by atoms with Gasteiger partial charge in [0.1, 0.15) is 0 Å². The zero-order valence-corrected chi connectivity index (χ0v) is 31.2. The number of hydrogen-bond acceptors (Lipinski definition) is 1. The lowest BCUT2D eigenvalue weighted by Gasteiger charge is -2.39. The largest absolute Gasteiger partial charge is 0.355 e. The minimum Gasteiger partial charge on any atom is -0.355 e. The van der Waals surface area contributed by atoms with Crippen LogP contribution >= 0.6 is 0 Å². The Balaban J connectivity index is 1.16. The first-order chi connectivity index (χ1) is 26.0. The Bertz CT molecular complexity index is 2540.